The highest BCUT2D eigenvalue weighted by atomic mass is 31.1. The fourth-order valence-electron chi connectivity index (χ4n) is 2.94. The van der Waals surface area contributed by atoms with Crippen LogP contribution < -0.4 is 5.32 Å². The molecular weight excluding hydrogens is 377 g/mol. The molecule has 0 aromatic carbocycles. The fourth-order valence-corrected chi connectivity index (χ4v) is 3.48. The van der Waals surface area contributed by atoms with Crippen molar-refractivity contribution in [3.8, 4) is 0 Å². The van der Waals surface area contributed by atoms with Gasteiger partial charge in [-0.15, -0.1) is 6.58 Å². The average molecular weight is 397 g/mol. The minimum absolute atomic E-state index is 0.140. The molecule has 1 aliphatic heterocycles. The maximum Gasteiger partial charge on any atom is 0.317 e. The Labute approximate surface area is 155 Å². The molecule has 27 heavy (non-hydrogen) atoms. The van der Waals surface area contributed by atoms with Crippen LogP contribution >= 0.6 is 8.25 Å². The largest absolute Gasteiger partial charge is 0.394 e. The van der Waals surface area contributed by atoms with E-state index in [-0.39, 0.29) is 31.4 Å². The first kappa shape index (κ1) is 19.6. The molecule has 3 rings (SSSR count). The van der Waals surface area contributed by atoms with Crippen molar-refractivity contribution >= 4 is 31.1 Å². The third-order valence-electron chi connectivity index (χ3n) is 4.19. The van der Waals surface area contributed by atoms with Gasteiger partial charge < -0.3 is 29.1 Å². The smallest absolute Gasteiger partial charge is 0.317 e. The molecule has 1 amide bonds. The summed E-state index contributed by atoms with van der Waals surface area (Å²) in [6.07, 6.45) is 3.62. The van der Waals surface area contributed by atoms with Gasteiger partial charge in [0.2, 0.25) is 5.91 Å². The van der Waals surface area contributed by atoms with Crippen molar-refractivity contribution in [2.24, 2.45) is 0 Å². The van der Waals surface area contributed by atoms with Gasteiger partial charge in [-0.2, -0.15) is 0 Å². The molecule has 11 nitrogen and oxygen atoms in total. The molecule has 0 spiro atoms. The number of anilines is 1. The minimum atomic E-state index is -3.24. The zero-order valence-corrected chi connectivity index (χ0v) is 15.3. The second-order valence-electron chi connectivity index (χ2n) is 5.89. The van der Waals surface area contributed by atoms with E-state index in [0.717, 1.165) is 0 Å². The van der Waals surface area contributed by atoms with Crippen LogP contribution in [0.25, 0.3) is 11.2 Å². The van der Waals surface area contributed by atoms with Gasteiger partial charge in [-0.05, 0) is 6.42 Å². The quantitative estimate of drug-likeness (QED) is 0.426. The topological polar surface area (TPSA) is 149 Å². The Balaban J connectivity index is 1.90. The van der Waals surface area contributed by atoms with Crippen molar-refractivity contribution in [3.05, 3.63) is 25.3 Å². The van der Waals surface area contributed by atoms with E-state index in [1.54, 1.807) is 10.6 Å². The number of rotatable bonds is 8. The maximum absolute atomic E-state index is 12.0. The highest BCUT2D eigenvalue weighted by Gasteiger charge is 2.41. The molecule has 3 N–H and O–H groups in total. The van der Waals surface area contributed by atoms with Gasteiger partial charge >= 0.3 is 8.25 Å². The summed E-state index contributed by atoms with van der Waals surface area (Å²) >= 11 is 0. The third-order valence-corrected chi connectivity index (χ3v) is 4.67. The predicted molar refractivity (Wildman–Crippen MR) is 95.3 cm³/mol. The van der Waals surface area contributed by atoms with Crippen molar-refractivity contribution in [2.45, 2.75) is 31.1 Å². The predicted octanol–water partition coefficient (Wildman–Crippen LogP) is 0.430. The highest BCUT2D eigenvalue weighted by molar-refractivity contribution is 7.32. The van der Waals surface area contributed by atoms with Gasteiger partial charge in [-0.25, -0.2) is 15.0 Å². The molecule has 0 saturated carbocycles. The molecule has 0 bridgehead atoms. The minimum Gasteiger partial charge on any atom is -0.394 e. The van der Waals surface area contributed by atoms with Crippen LogP contribution in [0.4, 0.5) is 5.82 Å². The normalized spacial score (nSPS) is 23.4. The number of imidazole rings is 1. The lowest BCUT2D eigenvalue weighted by molar-refractivity contribution is -0.116. The number of allylic oxidation sites excluding steroid dienone is 1. The number of hydrogen-bond acceptors (Lipinski definition) is 8. The third kappa shape index (κ3) is 4.23. The molecule has 12 heteroatoms. The van der Waals surface area contributed by atoms with Crippen LogP contribution in [0.3, 0.4) is 0 Å². The summed E-state index contributed by atoms with van der Waals surface area (Å²) in [5.74, 6) is 0.0349. The molecule has 2 aromatic rings. The molecular formula is C15H20N5O6P. The number of fused-ring (bicyclic) bond motifs is 1. The van der Waals surface area contributed by atoms with Crippen molar-refractivity contribution in [3.63, 3.8) is 0 Å². The molecule has 1 aliphatic rings. The molecule has 1 saturated heterocycles. The zero-order chi connectivity index (χ0) is 19.4. The molecule has 0 aliphatic carbocycles. The first-order valence-corrected chi connectivity index (χ1v) is 9.51. The number of nitrogens with zero attached hydrogens (tertiary/aromatic N) is 4. The number of aliphatic hydroxyl groups excluding tert-OH is 1. The Morgan fingerprint density at radius 2 is 2.33 bits per heavy atom. The number of ether oxygens (including phenoxy) is 1. The van der Waals surface area contributed by atoms with E-state index in [0.29, 0.717) is 17.6 Å². The van der Waals surface area contributed by atoms with Crippen LogP contribution in [0.2, 0.25) is 0 Å². The lowest BCUT2D eigenvalue weighted by Gasteiger charge is -2.21. The Morgan fingerprint density at radius 1 is 1.52 bits per heavy atom. The van der Waals surface area contributed by atoms with E-state index in [4.69, 9.17) is 14.2 Å². The summed E-state index contributed by atoms with van der Waals surface area (Å²) in [5, 5.41) is 12.1. The number of aromatic nitrogens is 4. The summed E-state index contributed by atoms with van der Waals surface area (Å²) in [5.41, 5.74) is 0.773. The van der Waals surface area contributed by atoms with Gasteiger partial charge in [0, 0.05) is 6.42 Å². The number of nitrogens with one attached hydrogen (secondary N) is 1. The van der Waals surface area contributed by atoms with E-state index >= 15 is 0 Å². The summed E-state index contributed by atoms with van der Waals surface area (Å²) in [7, 11) is -3.24. The van der Waals surface area contributed by atoms with Crippen molar-refractivity contribution in [1.82, 2.24) is 19.5 Å². The summed E-state index contributed by atoms with van der Waals surface area (Å²) in [6, 6.07) is -0.521. The van der Waals surface area contributed by atoms with Gasteiger partial charge in [0.1, 0.15) is 18.5 Å². The first-order chi connectivity index (χ1) is 13.0. The van der Waals surface area contributed by atoms with Crippen LogP contribution in [-0.4, -0.2) is 60.8 Å². The van der Waals surface area contributed by atoms with Gasteiger partial charge in [0.25, 0.3) is 0 Å². The van der Waals surface area contributed by atoms with E-state index in [2.05, 4.69) is 26.8 Å². The van der Waals surface area contributed by atoms with Crippen LogP contribution in [0.15, 0.2) is 25.3 Å². The zero-order valence-electron chi connectivity index (χ0n) is 14.3. The van der Waals surface area contributed by atoms with Gasteiger partial charge in [-0.1, -0.05) is 6.08 Å². The number of hydrogen-bond donors (Lipinski definition) is 3. The number of aliphatic hydroxyl groups is 1. The number of carbonyl (C=O) groups is 1. The Hall–Kier alpha value is -2.17. The van der Waals surface area contributed by atoms with Crippen LogP contribution in [0.5, 0.6) is 0 Å². The molecule has 146 valence electrons. The average Bonchev–Trinajstić information content (AvgIpc) is 3.23. The van der Waals surface area contributed by atoms with Crippen LogP contribution in [-0.2, 0) is 18.6 Å². The number of amides is 1. The van der Waals surface area contributed by atoms with Gasteiger partial charge in [0.15, 0.2) is 17.0 Å². The monoisotopic (exact) mass is 397 g/mol. The molecule has 2 aromatic heterocycles. The molecule has 3 heterocycles. The summed E-state index contributed by atoms with van der Waals surface area (Å²) in [6.45, 7) is 3.36. The number of carbonyl (C=O) groups excluding carboxylic acids is 1. The Bertz CT molecular complexity index is 858. The second-order valence-corrected chi connectivity index (χ2v) is 6.66. The lowest BCUT2D eigenvalue weighted by Crippen LogP contribution is -2.32. The summed E-state index contributed by atoms with van der Waals surface area (Å²) < 4.78 is 23.3. The molecule has 0 radical (unpaired) electrons. The Morgan fingerprint density at radius 3 is 3.04 bits per heavy atom. The Kier molecular flexibility index (Phi) is 6.30. The molecule has 1 fully saturated rings. The van der Waals surface area contributed by atoms with E-state index in [1.165, 1.54) is 12.7 Å². The lowest BCUT2D eigenvalue weighted by atomic mass is 10.1. The van der Waals surface area contributed by atoms with Crippen LogP contribution in [0, 0.1) is 0 Å². The highest BCUT2D eigenvalue weighted by Crippen LogP contribution is 2.35. The standard InChI is InChI=1S/C15H20N5O6P/c1-2-3-4-11(22)19-14-12-15(17-7-16-14)20(8-18-12)9-6-25-10(5-21)13(9)26-27(23)24/h2,7-10,13,21,27H,1,3-6H2,(H,23,24)(H,16,17,19,22)/t9-,10-,13+/m1/s1. The van der Waals surface area contributed by atoms with Gasteiger partial charge in [0.05, 0.1) is 25.6 Å². The fraction of sp³-hybridized carbons (Fsp3) is 0.467. The molecule has 1 unspecified atom stereocenters. The van der Waals surface area contributed by atoms with Gasteiger partial charge in [-0.3, -0.25) is 9.36 Å². The van der Waals surface area contributed by atoms with Crippen molar-refractivity contribution in [2.75, 3.05) is 18.5 Å². The van der Waals surface area contributed by atoms with Crippen molar-refractivity contribution < 1.29 is 28.6 Å². The maximum atomic E-state index is 12.0. The van der Waals surface area contributed by atoms with E-state index in [9.17, 15) is 14.5 Å². The van der Waals surface area contributed by atoms with E-state index in [1.807, 2.05) is 0 Å². The van der Waals surface area contributed by atoms with E-state index < -0.39 is 26.5 Å². The SMILES string of the molecule is C=CCCC(=O)Nc1ncnc2c1ncn2[C@@H]1CO[C@H](CO)[C@H]1O[PH](=O)O. The molecule has 4 atom stereocenters. The van der Waals surface area contributed by atoms with Crippen LogP contribution in [0.1, 0.15) is 18.9 Å². The van der Waals surface area contributed by atoms with Crippen molar-refractivity contribution in [1.29, 1.82) is 0 Å². The first-order valence-electron chi connectivity index (χ1n) is 8.25. The second kappa shape index (κ2) is 8.68. The summed E-state index contributed by atoms with van der Waals surface area (Å²) in [4.78, 5) is 33.6.